The molecule has 0 aliphatic carbocycles. The van der Waals surface area contributed by atoms with Crippen molar-refractivity contribution in [3.05, 3.63) is 0 Å². The number of aliphatic hydroxyl groups excluding tert-OH is 2. The van der Waals surface area contributed by atoms with Crippen LogP contribution in [0.5, 0.6) is 0 Å². The van der Waals surface area contributed by atoms with Crippen LogP contribution in [0.2, 0.25) is 0 Å². The number of rotatable bonds is 11. The number of carbonyl (C=O) groups is 3. The summed E-state index contributed by atoms with van der Waals surface area (Å²) in [6, 6.07) is 0. The third-order valence-corrected chi connectivity index (χ3v) is 1.71. The maximum Gasteiger partial charge on any atom is 0.320 e. The average Bonchev–Trinajstić information content (AvgIpc) is 2.39. The van der Waals surface area contributed by atoms with Crippen LogP contribution in [0.4, 0.5) is 0 Å². The summed E-state index contributed by atoms with van der Waals surface area (Å²) in [6.45, 7) is -1.56. The predicted molar refractivity (Wildman–Crippen MR) is 54.8 cm³/mol. The van der Waals surface area contributed by atoms with Crippen LogP contribution >= 0.6 is 0 Å². The van der Waals surface area contributed by atoms with Crippen LogP contribution in [0.25, 0.3) is 0 Å². The topological polar surface area (TPSA) is 123 Å². The van der Waals surface area contributed by atoms with Gasteiger partial charge in [-0.1, -0.05) is 0 Å². The van der Waals surface area contributed by atoms with Crippen LogP contribution in [0.1, 0.15) is 0 Å². The van der Waals surface area contributed by atoms with Gasteiger partial charge in [-0.2, -0.15) is 0 Å². The Labute approximate surface area is 103 Å². The van der Waals surface area contributed by atoms with Crippen LogP contribution in [0.3, 0.4) is 0 Å². The molecule has 0 bridgehead atoms. The first kappa shape index (κ1) is 16.3. The molecule has 0 heterocycles. The summed E-state index contributed by atoms with van der Waals surface area (Å²) in [4.78, 5) is 32.5. The molecule has 0 fully saturated rings. The third kappa shape index (κ3) is 7.54. The predicted octanol–water partition coefficient (Wildman–Crippen LogP) is -2.55. The van der Waals surface area contributed by atoms with Crippen LogP contribution < -0.4 is 0 Å². The number of carbonyl (C=O) groups excluding carboxylic acids is 3. The van der Waals surface area contributed by atoms with Gasteiger partial charge in [0.15, 0.2) is 0 Å². The molecule has 0 radical (unpaired) electrons. The Balaban J connectivity index is 4.14. The Bertz CT molecular complexity index is 243. The SMILES string of the molecule is O=COCN(COC=O)CC(=O)OC(CO)CO. The monoisotopic (exact) mass is 265 g/mol. The van der Waals surface area contributed by atoms with Crippen LogP contribution in [-0.4, -0.2) is 73.4 Å². The second-order valence-electron chi connectivity index (χ2n) is 3.09. The van der Waals surface area contributed by atoms with Crippen molar-refractivity contribution >= 4 is 18.9 Å². The summed E-state index contributed by atoms with van der Waals surface area (Å²) in [7, 11) is 0. The minimum Gasteiger partial charge on any atom is -0.457 e. The highest BCUT2D eigenvalue weighted by Gasteiger charge is 2.16. The van der Waals surface area contributed by atoms with Gasteiger partial charge in [0.05, 0.1) is 13.2 Å². The van der Waals surface area contributed by atoms with Crippen molar-refractivity contribution in [3.8, 4) is 0 Å². The molecule has 0 aromatic rings. The number of hydrogen-bond donors (Lipinski definition) is 2. The standard InChI is InChI=1S/C9H15NO8/c11-2-8(3-12)18-9(15)1-10(4-16-6-13)5-17-7-14/h6-8,11-12H,1-5H2. The minimum atomic E-state index is -1.02. The maximum atomic E-state index is 11.3. The molecule has 0 rings (SSSR count). The Hall–Kier alpha value is -1.71. The molecule has 0 atom stereocenters. The summed E-state index contributed by atoms with van der Waals surface area (Å²) >= 11 is 0. The van der Waals surface area contributed by atoms with Gasteiger partial charge >= 0.3 is 5.97 Å². The minimum absolute atomic E-state index is 0.170. The van der Waals surface area contributed by atoms with Crippen LogP contribution in [0, 0.1) is 0 Å². The second-order valence-corrected chi connectivity index (χ2v) is 3.09. The summed E-state index contributed by atoms with van der Waals surface area (Å²) in [5, 5.41) is 17.4. The van der Waals surface area contributed by atoms with E-state index in [1.807, 2.05) is 0 Å². The number of hydrogen-bond acceptors (Lipinski definition) is 9. The van der Waals surface area contributed by atoms with E-state index in [-0.39, 0.29) is 33.0 Å². The largest absolute Gasteiger partial charge is 0.457 e. The molecule has 2 N–H and O–H groups in total. The first-order chi connectivity index (χ1) is 8.67. The van der Waals surface area contributed by atoms with E-state index in [1.54, 1.807) is 0 Å². The van der Waals surface area contributed by atoms with Crippen molar-refractivity contribution in [2.24, 2.45) is 0 Å². The zero-order valence-electron chi connectivity index (χ0n) is 9.56. The lowest BCUT2D eigenvalue weighted by atomic mass is 10.4. The van der Waals surface area contributed by atoms with Crippen molar-refractivity contribution in [3.63, 3.8) is 0 Å². The molecule has 0 saturated carbocycles. The Kier molecular flexibility index (Phi) is 9.45. The highest BCUT2D eigenvalue weighted by Crippen LogP contribution is 1.95. The molecular weight excluding hydrogens is 250 g/mol. The molecule has 0 amide bonds. The van der Waals surface area contributed by atoms with Gasteiger partial charge in [-0.15, -0.1) is 0 Å². The molecular formula is C9H15NO8. The average molecular weight is 265 g/mol. The lowest BCUT2D eigenvalue weighted by Gasteiger charge is -2.20. The number of aliphatic hydroxyl groups is 2. The molecule has 9 nitrogen and oxygen atoms in total. The number of ether oxygens (including phenoxy) is 3. The van der Waals surface area contributed by atoms with Gasteiger partial charge in [-0.3, -0.25) is 14.4 Å². The molecule has 0 aromatic heterocycles. The molecule has 0 unspecified atom stereocenters. The van der Waals surface area contributed by atoms with Crippen molar-refractivity contribution in [1.29, 1.82) is 0 Å². The van der Waals surface area contributed by atoms with Crippen molar-refractivity contribution in [2.45, 2.75) is 6.10 Å². The Morgan fingerprint density at radius 3 is 2.00 bits per heavy atom. The first-order valence-electron chi connectivity index (χ1n) is 4.92. The quantitative estimate of drug-likeness (QED) is 0.180. The molecule has 104 valence electrons. The van der Waals surface area contributed by atoms with E-state index in [9.17, 15) is 14.4 Å². The highest BCUT2D eigenvalue weighted by atomic mass is 16.6. The van der Waals surface area contributed by atoms with E-state index in [1.165, 1.54) is 0 Å². The Morgan fingerprint density at radius 2 is 1.61 bits per heavy atom. The molecule has 0 aliphatic heterocycles. The van der Waals surface area contributed by atoms with Gasteiger partial charge < -0.3 is 24.4 Å². The molecule has 9 heteroatoms. The van der Waals surface area contributed by atoms with Crippen molar-refractivity contribution in [1.82, 2.24) is 4.90 Å². The molecule has 0 spiro atoms. The fourth-order valence-corrected chi connectivity index (χ4v) is 0.938. The zero-order valence-corrected chi connectivity index (χ0v) is 9.56. The molecule has 0 aliphatic rings. The number of esters is 1. The second kappa shape index (κ2) is 10.4. The van der Waals surface area contributed by atoms with Gasteiger partial charge in [0.2, 0.25) is 0 Å². The lowest BCUT2D eigenvalue weighted by molar-refractivity contribution is -0.161. The van der Waals surface area contributed by atoms with E-state index in [4.69, 9.17) is 10.2 Å². The maximum absolute atomic E-state index is 11.3. The van der Waals surface area contributed by atoms with Gasteiger partial charge in [0.25, 0.3) is 12.9 Å². The van der Waals surface area contributed by atoms with Crippen LogP contribution in [0.15, 0.2) is 0 Å². The van der Waals surface area contributed by atoms with Crippen molar-refractivity contribution in [2.75, 3.05) is 33.2 Å². The normalized spacial score (nSPS) is 10.2. The van der Waals surface area contributed by atoms with Gasteiger partial charge in [0.1, 0.15) is 26.1 Å². The van der Waals surface area contributed by atoms with E-state index in [0.29, 0.717) is 0 Å². The van der Waals surface area contributed by atoms with Gasteiger partial charge in [-0.25, -0.2) is 4.90 Å². The van der Waals surface area contributed by atoms with E-state index in [0.717, 1.165) is 4.90 Å². The fourth-order valence-electron chi connectivity index (χ4n) is 0.938. The van der Waals surface area contributed by atoms with E-state index in [2.05, 4.69) is 14.2 Å². The summed E-state index contributed by atoms with van der Waals surface area (Å²) in [5.41, 5.74) is 0. The van der Waals surface area contributed by atoms with E-state index < -0.39 is 25.3 Å². The summed E-state index contributed by atoms with van der Waals surface area (Å²) in [5.74, 6) is -0.771. The van der Waals surface area contributed by atoms with Gasteiger partial charge in [-0.05, 0) is 0 Å². The zero-order chi connectivity index (χ0) is 13.8. The van der Waals surface area contributed by atoms with Crippen LogP contribution in [-0.2, 0) is 28.6 Å². The van der Waals surface area contributed by atoms with Crippen molar-refractivity contribution < 1.29 is 38.8 Å². The highest BCUT2D eigenvalue weighted by molar-refractivity contribution is 5.71. The first-order valence-corrected chi connectivity index (χ1v) is 4.92. The lowest BCUT2D eigenvalue weighted by Crippen LogP contribution is -2.37. The van der Waals surface area contributed by atoms with E-state index >= 15 is 0 Å². The van der Waals surface area contributed by atoms with Gasteiger partial charge in [0, 0.05) is 0 Å². The molecule has 0 saturated heterocycles. The molecule has 18 heavy (non-hydrogen) atoms. The fraction of sp³-hybridized carbons (Fsp3) is 0.667. The Morgan fingerprint density at radius 1 is 1.11 bits per heavy atom. The summed E-state index contributed by atoms with van der Waals surface area (Å²) < 4.78 is 13.5. The molecule has 0 aromatic carbocycles. The summed E-state index contributed by atoms with van der Waals surface area (Å²) in [6.07, 6.45) is -1.02. The number of nitrogens with zero attached hydrogens (tertiary/aromatic N) is 1. The third-order valence-electron chi connectivity index (χ3n) is 1.71. The smallest absolute Gasteiger partial charge is 0.320 e.